The van der Waals surface area contributed by atoms with E-state index in [0.29, 0.717) is 12.8 Å². The molecule has 3 nitrogen and oxygen atoms in total. The second-order valence-electron chi connectivity index (χ2n) is 7.22. The van der Waals surface area contributed by atoms with Crippen LogP contribution in [0.5, 0.6) is 0 Å². The van der Waals surface area contributed by atoms with Crippen LogP contribution in [0.4, 0.5) is 5.69 Å². The summed E-state index contributed by atoms with van der Waals surface area (Å²) in [6.45, 7) is 0. The molecular weight excluding hydrogens is 422 g/mol. The highest BCUT2D eigenvalue weighted by Crippen LogP contribution is 2.26. The Labute approximate surface area is 189 Å². The minimum Gasteiger partial charge on any atom is -0.301 e. The summed E-state index contributed by atoms with van der Waals surface area (Å²) >= 11 is 1.69. The van der Waals surface area contributed by atoms with Gasteiger partial charge < -0.3 is 4.72 Å². The Morgan fingerprint density at radius 1 is 0.839 bits per heavy atom. The molecule has 1 N–H and O–H groups in total. The molecule has 4 aromatic rings. The van der Waals surface area contributed by atoms with Crippen LogP contribution in [0.3, 0.4) is 0 Å². The summed E-state index contributed by atoms with van der Waals surface area (Å²) in [6.07, 6.45) is 1.78. The van der Waals surface area contributed by atoms with Gasteiger partial charge in [0.1, 0.15) is 5.78 Å². The third kappa shape index (κ3) is 5.78. The molecule has 5 heteroatoms. The maximum Gasteiger partial charge on any atom is 0.150 e. The molecule has 0 bridgehead atoms. The van der Waals surface area contributed by atoms with Crippen molar-refractivity contribution < 1.29 is 9.00 Å². The van der Waals surface area contributed by atoms with Crippen molar-refractivity contribution in [3.63, 3.8) is 0 Å². The van der Waals surface area contributed by atoms with Crippen LogP contribution in [0, 0.1) is 0 Å². The van der Waals surface area contributed by atoms with Crippen LogP contribution >= 0.6 is 11.3 Å². The number of nitrogens with one attached hydrogen (secondary N) is 1. The Kier molecular flexibility index (Phi) is 7.07. The molecule has 1 aromatic heterocycles. The number of hydrogen-bond acceptors (Lipinski definition) is 3. The van der Waals surface area contributed by atoms with Crippen molar-refractivity contribution in [2.45, 2.75) is 24.2 Å². The lowest BCUT2D eigenvalue weighted by Gasteiger charge is -2.11. The molecule has 0 aliphatic carbocycles. The summed E-state index contributed by atoms with van der Waals surface area (Å²) in [5, 5.41) is 2.04. The number of rotatable bonds is 9. The van der Waals surface area contributed by atoms with E-state index in [9.17, 15) is 9.00 Å². The minimum atomic E-state index is -1.40. The molecule has 0 radical (unpaired) electrons. The molecule has 0 aliphatic heterocycles. The molecule has 0 spiro atoms. The van der Waals surface area contributed by atoms with Crippen LogP contribution in [0.1, 0.15) is 16.9 Å². The third-order valence-corrected chi connectivity index (χ3v) is 7.08. The number of ketones is 1. The first kappa shape index (κ1) is 21.2. The van der Waals surface area contributed by atoms with Crippen molar-refractivity contribution in [2.24, 2.45) is 0 Å². The Morgan fingerprint density at radius 2 is 1.58 bits per heavy atom. The molecule has 0 saturated heterocycles. The highest BCUT2D eigenvalue weighted by atomic mass is 32.2. The number of benzene rings is 3. The quantitative estimate of drug-likeness (QED) is 0.329. The molecule has 1 atom stereocenters. The molecule has 1 unspecified atom stereocenters. The highest BCUT2D eigenvalue weighted by molar-refractivity contribution is 7.86. The monoisotopic (exact) mass is 445 g/mol. The van der Waals surface area contributed by atoms with Crippen LogP contribution in [-0.2, 0) is 28.6 Å². The van der Waals surface area contributed by atoms with Crippen LogP contribution < -0.4 is 4.72 Å². The fourth-order valence-electron chi connectivity index (χ4n) is 3.37. The van der Waals surface area contributed by atoms with Crippen molar-refractivity contribution in [2.75, 3.05) is 4.72 Å². The number of thiophene rings is 1. The van der Waals surface area contributed by atoms with Crippen molar-refractivity contribution in [1.29, 1.82) is 0 Å². The van der Waals surface area contributed by atoms with Crippen LogP contribution in [-0.4, -0.2) is 9.99 Å². The molecule has 1 heterocycles. The van der Waals surface area contributed by atoms with Gasteiger partial charge in [0.05, 0.1) is 4.90 Å². The van der Waals surface area contributed by atoms with Gasteiger partial charge in [-0.25, -0.2) is 4.21 Å². The second kappa shape index (κ2) is 10.3. The fraction of sp³-hybridized carbons (Fsp3) is 0.115. The number of carbonyl (C=O) groups excluding carboxylic acids is 1. The average molecular weight is 446 g/mol. The van der Waals surface area contributed by atoms with E-state index in [1.54, 1.807) is 11.3 Å². The minimum absolute atomic E-state index is 0.231. The zero-order valence-corrected chi connectivity index (χ0v) is 18.6. The molecular formula is C26H23NO2S2. The Balaban J connectivity index is 1.38. The average Bonchev–Trinajstić information content (AvgIpc) is 3.33. The van der Waals surface area contributed by atoms with E-state index in [-0.39, 0.29) is 5.78 Å². The third-order valence-electron chi connectivity index (χ3n) is 4.97. The van der Waals surface area contributed by atoms with E-state index in [2.05, 4.69) is 10.8 Å². The predicted molar refractivity (Wildman–Crippen MR) is 130 cm³/mol. The standard InChI is InChI=1S/C26H23NO2S2/c28-23(16-17-24-9-6-18-30-24)19-20-12-14-22(15-13-20)27-31(29)26-11-5-4-10-25(26)21-7-2-1-3-8-21/h1-15,18,27H,16-17,19H2. The molecule has 0 saturated carbocycles. The van der Waals surface area contributed by atoms with Gasteiger partial charge in [0.2, 0.25) is 0 Å². The van der Waals surface area contributed by atoms with Gasteiger partial charge in [-0.1, -0.05) is 66.7 Å². The number of Topliss-reactive ketones (excluding diaryl/α,β-unsaturated/α-hetero) is 1. The van der Waals surface area contributed by atoms with E-state index in [1.165, 1.54) is 4.88 Å². The normalized spacial score (nSPS) is 11.7. The number of hydrogen-bond donors (Lipinski definition) is 1. The van der Waals surface area contributed by atoms with E-state index >= 15 is 0 Å². The zero-order chi connectivity index (χ0) is 21.5. The van der Waals surface area contributed by atoms with Crippen LogP contribution in [0.15, 0.2) is 101 Å². The van der Waals surface area contributed by atoms with Crippen molar-refractivity contribution in [3.8, 4) is 11.1 Å². The Hall–Kier alpha value is -3.02. The predicted octanol–water partition coefficient (Wildman–Crippen LogP) is 6.29. The molecule has 3 aromatic carbocycles. The summed E-state index contributed by atoms with van der Waals surface area (Å²) in [6, 6.07) is 29.3. The van der Waals surface area contributed by atoms with E-state index in [1.807, 2.05) is 90.3 Å². The lowest BCUT2D eigenvalue weighted by atomic mass is 10.1. The maximum atomic E-state index is 13.0. The van der Waals surface area contributed by atoms with Crippen molar-refractivity contribution >= 4 is 33.8 Å². The highest BCUT2D eigenvalue weighted by Gasteiger charge is 2.12. The van der Waals surface area contributed by atoms with Gasteiger partial charge in [0, 0.05) is 23.4 Å². The van der Waals surface area contributed by atoms with Gasteiger partial charge in [-0.15, -0.1) is 11.3 Å². The summed E-state index contributed by atoms with van der Waals surface area (Å²) in [4.78, 5) is 14.2. The SMILES string of the molecule is O=C(CCc1cccs1)Cc1ccc(NS(=O)c2ccccc2-c2ccccc2)cc1. The molecule has 4 rings (SSSR count). The molecule has 0 amide bonds. The number of aryl methyl sites for hydroxylation is 1. The van der Waals surface area contributed by atoms with E-state index < -0.39 is 11.0 Å². The van der Waals surface area contributed by atoms with Crippen LogP contribution in [0.2, 0.25) is 0 Å². The van der Waals surface area contributed by atoms with E-state index in [0.717, 1.165) is 33.7 Å². The smallest absolute Gasteiger partial charge is 0.150 e. The van der Waals surface area contributed by atoms with Gasteiger partial charge in [-0.2, -0.15) is 0 Å². The van der Waals surface area contributed by atoms with Gasteiger partial charge >= 0.3 is 0 Å². The zero-order valence-electron chi connectivity index (χ0n) is 17.0. The van der Waals surface area contributed by atoms with Crippen LogP contribution in [0.25, 0.3) is 11.1 Å². The Morgan fingerprint density at radius 3 is 2.32 bits per heavy atom. The number of carbonyl (C=O) groups is 1. The fourth-order valence-corrected chi connectivity index (χ4v) is 5.13. The number of anilines is 1. The molecule has 0 aliphatic rings. The summed E-state index contributed by atoms with van der Waals surface area (Å²) in [7, 11) is -1.40. The van der Waals surface area contributed by atoms with Gasteiger partial charge in [-0.3, -0.25) is 4.79 Å². The topological polar surface area (TPSA) is 46.2 Å². The lowest BCUT2D eigenvalue weighted by Crippen LogP contribution is -2.07. The Bertz CT molecular complexity index is 1150. The first-order chi connectivity index (χ1) is 15.2. The lowest BCUT2D eigenvalue weighted by molar-refractivity contribution is -0.118. The second-order valence-corrected chi connectivity index (χ2v) is 9.44. The maximum absolute atomic E-state index is 13.0. The van der Waals surface area contributed by atoms with Gasteiger partial charge in [0.15, 0.2) is 11.0 Å². The first-order valence-electron chi connectivity index (χ1n) is 10.1. The summed E-state index contributed by atoms with van der Waals surface area (Å²) in [5.41, 5.74) is 3.71. The van der Waals surface area contributed by atoms with E-state index in [4.69, 9.17) is 0 Å². The summed E-state index contributed by atoms with van der Waals surface area (Å²) < 4.78 is 16.1. The van der Waals surface area contributed by atoms with Crippen molar-refractivity contribution in [1.82, 2.24) is 0 Å². The van der Waals surface area contributed by atoms with Crippen molar-refractivity contribution in [3.05, 3.63) is 107 Å². The molecule has 0 fully saturated rings. The largest absolute Gasteiger partial charge is 0.301 e. The van der Waals surface area contributed by atoms with Gasteiger partial charge in [-0.05, 0) is 52.8 Å². The summed E-state index contributed by atoms with van der Waals surface area (Å²) in [5.74, 6) is 0.231. The molecule has 156 valence electrons. The van der Waals surface area contributed by atoms with Gasteiger partial charge in [0.25, 0.3) is 0 Å². The molecule has 31 heavy (non-hydrogen) atoms. The first-order valence-corrected chi connectivity index (χ1v) is 12.2.